The van der Waals surface area contributed by atoms with Crippen LogP contribution in [0.4, 0.5) is 4.79 Å². The number of urea groups is 1. The zero-order valence-corrected chi connectivity index (χ0v) is 6.88. The Morgan fingerprint density at radius 3 is 2.58 bits per heavy atom. The topological polar surface area (TPSA) is 83.4 Å². The normalized spacial score (nSPS) is 29.5. The number of carbonyl (C=O) groups excluding carboxylic acids is 1. The van der Waals surface area contributed by atoms with E-state index in [0.29, 0.717) is 0 Å². The van der Waals surface area contributed by atoms with Gasteiger partial charge in [-0.2, -0.15) is 0 Å². The third kappa shape index (κ3) is 1.54. The van der Waals surface area contributed by atoms with Crippen LogP contribution in [0.1, 0.15) is 0 Å². The number of nitrogens with one attached hydrogen (secondary N) is 3. The molecule has 2 atom stereocenters. The van der Waals surface area contributed by atoms with Crippen molar-refractivity contribution in [3.63, 3.8) is 0 Å². The van der Waals surface area contributed by atoms with E-state index in [1.807, 2.05) is 0 Å². The van der Waals surface area contributed by atoms with Crippen LogP contribution >= 0.6 is 0 Å². The molecular formula is C6H11N3O3. The molecule has 2 amide bonds. The van der Waals surface area contributed by atoms with E-state index < -0.39 is 18.4 Å². The van der Waals surface area contributed by atoms with Crippen LogP contribution in [0.2, 0.25) is 0 Å². The summed E-state index contributed by atoms with van der Waals surface area (Å²) in [6.07, 6.45) is -1.15. The fraction of sp³-hybridized carbons (Fsp3) is 0.667. The predicted molar refractivity (Wildman–Crippen MR) is 41.0 cm³/mol. The van der Waals surface area contributed by atoms with E-state index >= 15 is 0 Å². The van der Waals surface area contributed by atoms with Crippen LogP contribution in [0.5, 0.6) is 0 Å². The first-order valence-corrected chi connectivity index (χ1v) is 3.40. The molecule has 1 aliphatic heterocycles. The van der Waals surface area contributed by atoms with Crippen LogP contribution in [0.25, 0.3) is 0 Å². The maximum atomic E-state index is 10.8. The molecule has 0 aromatic carbocycles. The molecule has 1 fully saturated rings. The number of hydrogen-bond donors (Lipinski definition) is 3. The molecule has 0 radical (unpaired) electrons. The Morgan fingerprint density at radius 2 is 2.08 bits per heavy atom. The molecule has 1 aliphatic rings. The lowest BCUT2D eigenvalue weighted by Crippen LogP contribution is -2.62. The second-order valence-electron chi connectivity index (χ2n) is 2.32. The molecule has 0 aromatic rings. The van der Waals surface area contributed by atoms with Crippen LogP contribution in [-0.4, -0.2) is 38.4 Å². The molecule has 0 bridgehead atoms. The number of hydrogen-bond acceptors (Lipinski definition) is 4. The fourth-order valence-corrected chi connectivity index (χ4v) is 1.01. The van der Waals surface area contributed by atoms with E-state index in [1.54, 1.807) is 0 Å². The summed E-state index contributed by atoms with van der Waals surface area (Å²) >= 11 is 0. The average molecular weight is 173 g/mol. The Balaban J connectivity index is 2.69. The lowest BCUT2D eigenvalue weighted by atomic mass is 10.2. The number of amidine groups is 1. The minimum Gasteiger partial charge on any atom is -0.369 e. The van der Waals surface area contributed by atoms with Crippen molar-refractivity contribution in [2.45, 2.75) is 12.3 Å². The van der Waals surface area contributed by atoms with Crippen molar-refractivity contribution < 1.29 is 14.3 Å². The smallest absolute Gasteiger partial charge is 0.322 e. The highest BCUT2D eigenvalue weighted by Crippen LogP contribution is 2.03. The summed E-state index contributed by atoms with van der Waals surface area (Å²) in [6, 6.07) is -0.444. The van der Waals surface area contributed by atoms with E-state index in [0.717, 1.165) is 0 Å². The minimum atomic E-state index is -0.587. The first kappa shape index (κ1) is 8.95. The van der Waals surface area contributed by atoms with Crippen molar-refractivity contribution in [1.82, 2.24) is 10.6 Å². The largest absolute Gasteiger partial charge is 0.369 e. The summed E-state index contributed by atoms with van der Waals surface area (Å²) in [5, 5.41) is 12.1. The standard InChI is InChI=1S/C6H11N3O3/c1-11-3-4(7)8-6(10)9-5(3)12-2/h3,5H,1-2H3,(H3,7,8,9,10). The van der Waals surface area contributed by atoms with Crippen LogP contribution < -0.4 is 10.6 Å². The maximum absolute atomic E-state index is 10.8. The van der Waals surface area contributed by atoms with Crippen molar-refractivity contribution in [3.8, 4) is 0 Å². The average Bonchev–Trinajstić information content (AvgIpc) is 2.03. The number of rotatable bonds is 2. The van der Waals surface area contributed by atoms with E-state index in [4.69, 9.17) is 14.9 Å². The molecular weight excluding hydrogens is 162 g/mol. The van der Waals surface area contributed by atoms with Gasteiger partial charge in [-0.1, -0.05) is 0 Å². The minimum absolute atomic E-state index is 0.00750. The fourth-order valence-electron chi connectivity index (χ4n) is 1.01. The molecule has 12 heavy (non-hydrogen) atoms. The molecule has 0 spiro atoms. The van der Waals surface area contributed by atoms with Gasteiger partial charge in [0.15, 0.2) is 12.3 Å². The molecule has 1 heterocycles. The molecule has 0 saturated carbocycles. The number of ether oxygens (including phenoxy) is 2. The molecule has 6 nitrogen and oxygen atoms in total. The Labute approximate surface area is 69.7 Å². The highest BCUT2D eigenvalue weighted by molar-refractivity contribution is 6.01. The van der Waals surface area contributed by atoms with E-state index in [1.165, 1.54) is 14.2 Å². The van der Waals surface area contributed by atoms with Crippen molar-refractivity contribution in [1.29, 1.82) is 5.41 Å². The second-order valence-corrected chi connectivity index (χ2v) is 2.32. The predicted octanol–water partition coefficient (Wildman–Crippen LogP) is -0.736. The molecule has 3 N–H and O–H groups in total. The number of carbonyl (C=O) groups is 1. The van der Waals surface area contributed by atoms with Crippen molar-refractivity contribution in [2.75, 3.05) is 14.2 Å². The monoisotopic (exact) mass is 173 g/mol. The van der Waals surface area contributed by atoms with Gasteiger partial charge in [-0.3, -0.25) is 10.7 Å². The van der Waals surface area contributed by atoms with Crippen molar-refractivity contribution in [3.05, 3.63) is 0 Å². The van der Waals surface area contributed by atoms with Gasteiger partial charge in [-0.05, 0) is 0 Å². The molecule has 1 saturated heterocycles. The summed E-state index contributed by atoms with van der Waals surface area (Å²) < 4.78 is 9.83. The summed E-state index contributed by atoms with van der Waals surface area (Å²) in [5.74, 6) is 0.00750. The Hall–Kier alpha value is -1.14. The van der Waals surface area contributed by atoms with E-state index in [-0.39, 0.29) is 5.84 Å². The number of methoxy groups -OCH3 is 2. The third-order valence-corrected chi connectivity index (χ3v) is 1.59. The molecule has 68 valence electrons. The Morgan fingerprint density at radius 1 is 1.42 bits per heavy atom. The molecule has 2 unspecified atom stereocenters. The molecule has 0 aliphatic carbocycles. The Kier molecular flexibility index (Phi) is 2.61. The van der Waals surface area contributed by atoms with Crippen molar-refractivity contribution >= 4 is 11.9 Å². The van der Waals surface area contributed by atoms with Gasteiger partial charge in [0, 0.05) is 14.2 Å². The van der Waals surface area contributed by atoms with Crippen LogP contribution in [0.15, 0.2) is 0 Å². The van der Waals surface area contributed by atoms with Crippen LogP contribution in [0, 0.1) is 5.41 Å². The summed E-state index contributed by atoms with van der Waals surface area (Å²) in [5.41, 5.74) is 0. The highest BCUT2D eigenvalue weighted by atomic mass is 16.5. The van der Waals surface area contributed by atoms with E-state index in [2.05, 4.69) is 10.6 Å². The van der Waals surface area contributed by atoms with Gasteiger partial charge in [0.1, 0.15) is 5.84 Å². The zero-order valence-electron chi connectivity index (χ0n) is 6.88. The molecule has 6 heteroatoms. The van der Waals surface area contributed by atoms with Gasteiger partial charge in [-0.15, -0.1) is 0 Å². The first-order valence-electron chi connectivity index (χ1n) is 3.40. The van der Waals surface area contributed by atoms with Gasteiger partial charge < -0.3 is 14.8 Å². The van der Waals surface area contributed by atoms with Gasteiger partial charge in [0.2, 0.25) is 0 Å². The highest BCUT2D eigenvalue weighted by Gasteiger charge is 2.32. The maximum Gasteiger partial charge on any atom is 0.322 e. The van der Waals surface area contributed by atoms with E-state index in [9.17, 15) is 4.79 Å². The Bertz CT molecular complexity index is 206. The van der Waals surface area contributed by atoms with Gasteiger partial charge in [0.25, 0.3) is 0 Å². The number of amides is 2. The molecule has 0 aromatic heterocycles. The summed E-state index contributed by atoms with van der Waals surface area (Å²) in [6.45, 7) is 0. The lowest BCUT2D eigenvalue weighted by molar-refractivity contribution is -0.0200. The van der Waals surface area contributed by atoms with Gasteiger partial charge in [0.05, 0.1) is 0 Å². The SMILES string of the molecule is COC1NC(=O)NC(=N)C1OC. The quantitative estimate of drug-likeness (QED) is 0.514. The van der Waals surface area contributed by atoms with Gasteiger partial charge >= 0.3 is 6.03 Å². The first-order chi connectivity index (χ1) is 5.69. The lowest BCUT2D eigenvalue weighted by Gasteiger charge is -2.30. The van der Waals surface area contributed by atoms with Crippen LogP contribution in [0.3, 0.4) is 0 Å². The summed E-state index contributed by atoms with van der Waals surface area (Å²) in [7, 11) is 2.89. The zero-order chi connectivity index (χ0) is 9.14. The van der Waals surface area contributed by atoms with Crippen LogP contribution in [-0.2, 0) is 9.47 Å². The van der Waals surface area contributed by atoms with Gasteiger partial charge in [-0.25, -0.2) is 4.79 Å². The molecule has 1 rings (SSSR count). The third-order valence-electron chi connectivity index (χ3n) is 1.59. The van der Waals surface area contributed by atoms with Crippen molar-refractivity contribution in [2.24, 2.45) is 0 Å². The summed E-state index contributed by atoms with van der Waals surface area (Å²) in [4.78, 5) is 10.8. The second kappa shape index (κ2) is 3.51.